The number of hydrogen-bond donors (Lipinski definition) is 0. The molecule has 3 nitrogen and oxygen atoms in total. The SMILES string of the molecule is CC1(C)[C@@H]2CC[C@@]1(C)/C(=N/OCCN1CCCCC1)C2. The topological polar surface area (TPSA) is 24.8 Å². The third-order valence-electron chi connectivity index (χ3n) is 6.63. The summed E-state index contributed by atoms with van der Waals surface area (Å²) in [6, 6.07) is 0. The molecular formula is C17H30N2O. The number of hydrogen-bond acceptors (Lipinski definition) is 3. The van der Waals surface area contributed by atoms with E-state index in [2.05, 4.69) is 30.8 Å². The molecule has 0 unspecified atom stereocenters. The molecule has 0 amide bonds. The van der Waals surface area contributed by atoms with Crippen molar-refractivity contribution >= 4 is 5.71 Å². The molecule has 1 heterocycles. The second-order valence-corrected chi connectivity index (χ2v) is 7.77. The Kier molecular flexibility index (Phi) is 3.83. The molecule has 3 heteroatoms. The summed E-state index contributed by atoms with van der Waals surface area (Å²) in [5.74, 6) is 0.817. The highest BCUT2D eigenvalue weighted by Gasteiger charge is 2.60. The predicted molar refractivity (Wildman–Crippen MR) is 82.9 cm³/mol. The van der Waals surface area contributed by atoms with Crippen molar-refractivity contribution in [3.05, 3.63) is 0 Å². The summed E-state index contributed by atoms with van der Waals surface area (Å²) in [6.07, 6.45) is 7.92. The lowest BCUT2D eigenvalue weighted by atomic mass is 9.70. The van der Waals surface area contributed by atoms with E-state index < -0.39 is 0 Å². The molecule has 3 rings (SSSR count). The van der Waals surface area contributed by atoms with E-state index >= 15 is 0 Å². The monoisotopic (exact) mass is 278 g/mol. The van der Waals surface area contributed by atoms with Crippen molar-refractivity contribution in [3.8, 4) is 0 Å². The average Bonchev–Trinajstić information content (AvgIpc) is 2.78. The largest absolute Gasteiger partial charge is 0.394 e. The summed E-state index contributed by atoms with van der Waals surface area (Å²) in [7, 11) is 0. The van der Waals surface area contributed by atoms with Gasteiger partial charge >= 0.3 is 0 Å². The van der Waals surface area contributed by atoms with Crippen molar-refractivity contribution < 1.29 is 4.84 Å². The summed E-state index contributed by atoms with van der Waals surface area (Å²) in [6.45, 7) is 11.5. The number of piperidine rings is 1. The minimum absolute atomic E-state index is 0.281. The van der Waals surface area contributed by atoms with Crippen LogP contribution in [0.15, 0.2) is 5.16 Å². The van der Waals surface area contributed by atoms with E-state index in [1.54, 1.807) is 0 Å². The Morgan fingerprint density at radius 2 is 1.95 bits per heavy atom. The molecule has 3 fully saturated rings. The van der Waals surface area contributed by atoms with E-state index in [9.17, 15) is 0 Å². The zero-order valence-corrected chi connectivity index (χ0v) is 13.5. The number of fused-ring (bicyclic) bond motifs is 2. The van der Waals surface area contributed by atoms with Gasteiger partial charge in [-0.15, -0.1) is 0 Å². The quantitative estimate of drug-likeness (QED) is 0.579. The Labute approximate surface area is 123 Å². The van der Waals surface area contributed by atoms with Gasteiger partial charge in [0, 0.05) is 12.0 Å². The van der Waals surface area contributed by atoms with E-state index in [0.717, 1.165) is 25.5 Å². The van der Waals surface area contributed by atoms with Gasteiger partial charge in [-0.05, 0) is 56.5 Å². The lowest BCUT2D eigenvalue weighted by Gasteiger charge is -2.34. The van der Waals surface area contributed by atoms with E-state index in [1.165, 1.54) is 50.9 Å². The molecule has 0 N–H and O–H groups in total. The lowest BCUT2D eigenvalue weighted by Crippen LogP contribution is -2.33. The molecule has 0 aromatic heterocycles. The molecular weight excluding hydrogens is 248 g/mol. The highest BCUT2D eigenvalue weighted by Crippen LogP contribution is 2.63. The fraction of sp³-hybridized carbons (Fsp3) is 0.941. The van der Waals surface area contributed by atoms with Crippen LogP contribution in [-0.4, -0.2) is 36.9 Å². The summed E-state index contributed by atoms with van der Waals surface area (Å²) in [4.78, 5) is 8.19. The molecule has 0 radical (unpaired) electrons. The van der Waals surface area contributed by atoms with Crippen molar-refractivity contribution in [1.29, 1.82) is 0 Å². The lowest BCUT2D eigenvalue weighted by molar-refractivity contribution is 0.0984. The van der Waals surface area contributed by atoms with E-state index in [4.69, 9.17) is 4.84 Å². The maximum Gasteiger partial charge on any atom is 0.129 e. The van der Waals surface area contributed by atoms with Gasteiger partial charge < -0.3 is 4.84 Å². The Hall–Kier alpha value is -0.570. The first-order valence-corrected chi connectivity index (χ1v) is 8.46. The standard InChI is InChI=1S/C17H30N2O/c1-16(2)14-7-8-17(16,3)15(13-14)18-20-12-11-19-9-5-4-6-10-19/h14H,4-13H2,1-3H3/b18-15+/t14-,17+/m1/s1. The second kappa shape index (κ2) is 5.32. The first-order chi connectivity index (χ1) is 9.54. The molecule has 2 atom stereocenters. The Bertz CT molecular complexity index is 384. The number of rotatable bonds is 4. The number of nitrogens with zero attached hydrogens (tertiary/aromatic N) is 2. The fourth-order valence-corrected chi connectivity index (χ4v) is 4.54. The molecule has 0 spiro atoms. The van der Waals surface area contributed by atoms with E-state index in [1.807, 2.05) is 0 Å². The van der Waals surface area contributed by atoms with E-state index in [0.29, 0.717) is 5.41 Å². The highest BCUT2D eigenvalue weighted by molar-refractivity contribution is 5.93. The molecule has 3 aliphatic rings. The molecule has 20 heavy (non-hydrogen) atoms. The van der Waals surface area contributed by atoms with Crippen LogP contribution >= 0.6 is 0 Å². The van der Waals surface area contributed by atoms with Gasteiger partial charge in [-0.3, -0.25) is 4.90 Å². The zero-order valence-electron chi connectivity index (χ0n) is 13.5. The van der Waals surface area contributed by atoms with Gasteiger partial charge in [0.05, 0.1) is 5.71 Å². The first-order valence-electron chi connectivity index (χ1n) is 8.46. The normalized spacial score (nSPS) is 38.5. The number of likely N-dealkylation sites (tertiary alicyclic amines) is 1. The van der Waals surface area contributed by atoms with Crippen LogP contribution in [0.2, 0.25) is 0 Å². The Balaban J connectivity index is 1.50. The zero-order chi connectivity index (χ0) is 14.2. The molecule has 2 bridgehead atoms. The smallest absolute Gasteiger partial charge is 0.129 e. The van der Waals surface area contributed by atoms with Gasteiger partial charge in [0.1, 0.15) is 6.61 Å². The van der Waals surface area contributed by atoms with Crippen LogP contribution in [0.5, 0.6) is 0 Å². The average molecular weight is 278 g/mol. The van der Waals surface area contributed by atoms with Crippen molar-refractivity contribution in [3.63, 3.8) is 0 Å². The molecule has 1 saturated heterocycles. The molecule has 0 aromatic rings. The molecule has 2 saturated carbocycles. The van der Waals surface area contributed by atoms with Gasteiger partial charge in [-0.25, -0.2) is 0 Å². The first kappa shape index (κ1) is 14.4. The fourth-order valence-electron chi connectivity index (χ4n) is 4.54. The van der Waals surface area contributed by atoms with Crippen LogP contribution < -0.4 is 0 Å². The minimum atomic E-state index is 0.281. The van der Waals surface area contributed by atoms with Crippen LogP contribution in [0, 0.1) is 16.7 Å². The molecule has 0 aromatic carbocycles. The van der Waals surface area contributed by atoms with Gasteiger partial charge in [0.25, 0.3) is 0 Å². The third-order valence-corrected chi connectivity index (χ3v) is 6.63. The minimum Gasteiger partial charge on any atom is -0.394 e. The molecule has 114 valence electrons. The van der Waals surface area contributed by atoms with Crippen LogP contribution in [-0.2, 0) is 4.84 Å². The van der Waals surface area contributed by atoms with Crippen LogP contribution in [0.25, 0.3) is 0 Å². The third kappa shape index (κ3) is 2.28. The second-order valence-electron chi connectivity index (χ2n) is 7.77. The maximum atomic E-state index is 5.68. The summed E-state index contributed by atoms with van der Waals surface area (Å²) >= 11 is 0. The van der Waals surface area contributed by atoms with Gasteiger partial charge in [0.2, 0.25) is 0 Å². The summed E-state index contributed by atoms with van der Waals surface area (Å²) < 4.78 is 0. The predicted octanol–water partition coefficient (Wildman–Crippen LogP) is 3.69. The van der Waals surface area contributed by atoms with Crippen molar-refractivity contribution in [1.82, 2.24) is 4.90 Å². The van der Waals surface area contributed by atoms with Crippen LogP contribution in [0.1, 0.15) is 59.3 Å². The van der Waals surface area contributed by atoms with Gasteiger partial charge in [0.15, 0.2) is 0 Å². The van der Waals surface area contributed by atoms with E-state index in [-0.39, 0.29) is 5.41 Å². The Morgan fingerprint density at radius 1 is 1.20 bits per heavy atom. The van der Waals surface area contributed by atoms with Crippen molar-refractivity contribution in [2.75, 3.05) is 26.2 Å². The van der Waals surface area contributed by atoms with Gasteiger partial charge in [-0.2, -0.15) is 0 Å². The summed E-state index contributed by atoms with van der Waals surface area (Å²) in [5, 5.41) is 4.55. The molecule has 2 aliphatic carbocycles. The Morgan fingerprint density at radius 3 is 2.55 bits per heavy atom. The number of oxime groups is 1. The molecule has 1 aliphatic heterocycles. The maximum absolute atomic E-state index is 5.68. The van der Waals surface area contributed by atoms with Crippen LogP contribution in [0.4, 0.5) is 0 Å². The van der Waals surface area contributed by atoms with Crippen LogP contribution in [0.3, 0.4) is 0 Å². The highest BCUT2D eigenvalue weighted by atomic mass is 16.6. The summed E-state index contributed by atoms with van der Waals surface area (Å²) in [5.41, 5.74) is 2.02. The van der Waals surface area contributed by atoms with Crippen molar-refractivity contribution in [2.24, 2.45) is 21.9 Å². The van der Waals surface area contributed by atoms with Gasteiger partial charge in [-0.1, -0.05) is 32.3 Å². The van der Waals surface area contributed by atoms with Crippen molar-refractivity contribution in [2.45, 2.75) is 59.3 Å².